The van der Waals surface area contributed by atoms with Gasteiger partial charge < -0.3 is 4.74 Å². The molecule has 2 nitrogen and oxygen atoms in total. The van der Waals surface area contributed by atoms with E-state index in [0.717, 1.165) is 28.0 Å². The molecule has 0 saturated heterocycles. The Hall–Kier alpha value is -3.39. The normalized spacial score (nSPS) is 11.2. The van der Waals surface area contributed by atoms with Crippen LogP contribution >= 0.6 is 0 Å². The highest BCUT2D eigenvalue weighted by molar-refractivity contribution is 6.03. The fourth-order valence-corrected chi connectivity index (χ4v) is 3.15. The molecule has 4 rings (SSSR count). The summed E-state index contributed by atoms with van der Waals surface area (Å²) in [5, 5.41) is 2.32. The van der Waals surface area contributed by atoms with Crippen LogP contribution in [0.5, 0.6) is 5.75 Å². The van der Waals surface area contributed by atoms with Crippen molar-refractivity contribution in [3.63, 3.8) is 0 Å². The number of ether oxygens (including phenoxy) is 1. The minimum Gasteiger partial charge on any atom is -0.488 e. The lowest BCUT2D eigenvalue weighted by atomic mass is 10.0. The Morgan fingerprint density at radius 3 is 2.18 bits per heavy atom. The number of rotatable bonds is 5. The molecule has 0 aliphatic rings. The predicted molar refractivity (Wildman–Crippen MR) is 118 cm³/mol. The van der Waals surface area contributed by atoms with Crippen molar-refractivity contribution in [2.45, 2.75) is 20.5 Å². The SMILES string of the molecule is Cc1ccc(COc2ccc3ccccc3c2C=Nc2ccc(C)cc2)cc1. The second-order valence-corrected chi connectivity index (χ2v) is 7.07. The molecule has 0 aliphatic carbocycles. The van der Waals surface area contributed by atoms with Gasteiger partial charge in [0.1, 0.15) is 12.4 Å². The summed E-state index contributed by atoms with van der Waals surface area (Å²) in [7, 11) is 0. The molecule has 0 bridgehead atoms. The first-order chi connectivity index (χ1) is 13.7. The van der Waals surface area contributed by atoms with E-state index in [-0.39, 0.29) is 0 Å². The second kappa shape index (κ2) is 8.10. The number of aryl methyl sites for hydroxylation is 2. The van der Waals surface area contributed by atoms with E-state index in [0.29, 0.717) is 6.61 Å². The van der Waals surface area contributed by atoms with E-state index in [2.05, 4.69) is 85.6 Å². The average Bonchev–Trinajstić information content (AvgIpc) is 2.73. The van der Waals surface area contributed by atoms with Crippen LogP contribution in [0.3, 0.4) is 0 Å². The molecule has 4 aromatic rings. The van der Waals surface area contributed by atoms with Crippen molar-refractivity contribution in [2.75, 3.05) is 0 Å². The molecule has 2 heteroatoms. The van der Waals surface area contributed by atoms with Gasteiger partial charge in [-0.3, -0.25) is 4.99 Å². The summed E-state index contributed by atoms with van der Waals surface area (Å²) >= 11 is 0. The van der Waals surface area contributed by atoms with Gasteiger partial charge >= 0.3 is 0 Å². The van der Waals surface area contributed by atoms with Gasteiger partial charge in [-0.1, -0.05) is 77.9 Å². The molecule has 4 aromatic carbocycles. The number of hydrogen-bond donors (Lipinski definition) is 0. The van der Waals surface area contributed by atoms with Crippen LogP contribution in [0.2, 0.25) is 0 Å². The van der Waals surface area contributed by atoms with Crippen molar-refractivity contribution >= 4 is 22.7 Å². The van der Waals surface area contributed by atoms with Gasteiger partial charge in [-0.2, -0.15) is 0 Å². The zero-order chi connectivity index (χ0) is 19.3. The molecular formula is C26H23NO. The van der Waals surface area contributed by atoms with Crippen LogP contribution in [-0.2, 0) is 6.61 Å². The molecule has 0 saturated carbocycles. The van der Waals surface area contributed by atoms with Gasteiger partial charge in [0.05, 0.1) is 5.69 Å². The van der Waals surface area contributed by atoms with Gasteiger partial charge in [-0.25, -0.2) is 0 Å². The predicted octanol–water partition coefficient (Wildman–Crippen LogP) is 6.79. The lowest BCUT2D eigenvalue weighted by Gasteiger charge is -2.12. The number of fused-ring (bicyclic) bond motifs is 1. The van der Waals surface area contributed by atoms with E-state index in [1.54, 1.807) is 0 Å². The van der Waals surface area contributed by atoms with Crippen LogP contribution in [0.25, 0.3) is 10.8 Å². The van der Waals surface area contributed by atoms with Crippen molar-refractivity contribution < 1.29 is 4.74 Å². The van der Waals surface area contributed by atoms with Crippen LogP contribution in [0.4, 0.5) is 5.69 Å². The molecule has 0 unspecified atom stereocenters. The van der Waals surface area contributed by atoms with Gasteiger partial charge in [-0.15, -0.1) is 0 Å². The summed E-state index contributed by atoms with van der Waals surface area (Å²) in [4.78, 5) is 4.69. The van der Waals surface area contributed by atoms with Crippen molar-refractivity contribution in [3.05, 3.63) is 107 Å². The molecule has 0 spiro atoms. The summed E-state index contributed by atoms with van der Waals surface area (Å²) in [6.07, 6.45) is 1.91. The molecule has 0 radical (unpaired) electrons. The number of hydrogen-bond acceptors (Lipinski definition) is 2. The minimum absolute atomic E-state index is 0.532. The highest BCUT2D eigenvalue weighted by atomic mass is 16.5. The van der Waals surface area contributed by atoms with Crippen LogP contribution < -0.4 is 4.74 Å². The van der Waals surface area contributed by atoms with Crippen LogP contribution in [0.1, 0.15) is 22.3 Å². The molecule has 0 N–H and O–H groups in total. The summed E-state index contributed by atoms with van der Waals surface area (Å²) in [6.45, 7) is 4.70. The maximum atomic E-state index is 6.19. The highest BCUT2D eigenvalue weighted by Crippen LogP contribution is 2.28. The molecule has 0 atom stereocenters. The fourth-order valence-electron chi connectivity index (χ4n) is 3.15. The molecule has 0 amide bonds. The summed E-state index contributed by atoms with van der Waals surface area (Å²) in [5.41, 5.74) is 5.57. The molecule has 0 heterocycles. The number of benzene rings is 4. The van der Waals surface area contributed by atoms with Crippen LogP contribution in [0, 0.1) is 13.8 Å². The Kier molecular flexibility index (Phi) is 5.20. The first-order valence-corrected chi connectivity index (χ1v) is 9.50. The Balaban J connectivity index is 1.68. The van der Waals surface area contributed by atoms with Crippen molar-refractivity contribution in [2.24, 2.45) is 4.99 Å². The third kappa shape index (κ3) is 4.12. The van der Waals surface area contributed by atoms with Gasteiger partial charge in [0.15, 0.2) is 0 Å². The Morgan fingerprint density at radius 1 is 0.750 bits per heavy atom. The largest absolute Gasteiger partial charge is 0.488 e. The third-order valence-electron chi connectivity index (χ3n) is 4.82. The topological polar surface area (TPSA) is 21.6 Å². The quantitative estimate of drug-likeness (QED) is 0.357. The fraction of sp³-hybridized carbons (Fsp3) is 0.115. The Labute approximate surface area is 166 Å². The molecule has 138 valence electrons. The monoisotopic (exact) mass is 365 g/mol. The van der Waals surface area contributed by atoms with Crippen molar-refractivity contribution in [1.82, 2.24) is 0 Å². The van der Waals surface area contributed by atoms with E-state index in [1.807, 2.05) is 24.4 Å². The lowest BCUT2D eigenvalue weighted by molar-refractivity contribution is 0.306. The summed E-state index contributed by atoms with van der Waals surface area (Å²) in [6, 6.07) is 29.1. The molecule has 0 aliphatic heterocycles. The first-order valence-electron chi connectivity index (χ1n) is 9.50. The van der Waals surface area contributed by atoms with Gasteiger partial charge in [-0.05, 0) is 48.4 Å². The zero-order valence-electron chi connectivity index (χ0n) is 16.2. The van der Waals surface area contributed by atoms with Crippen LogP contribution in [0.15, 0.2) is 89.9 Å². The van der Waals surface area contributed by atoms with E-state index < -0.39 is 0 Å². The standard InChI is InChI=1S/C26H23NO/c1-19-7-11-21(12-8-19)18-28-26-16-13-22-5-3-4-6-24(22)25(26)17-27-23-14-9-20(2)10-15-23/h3-17H,18H2,1-2H3. The maximum Gasteiger partial charge on any atom is 0.129 e. The molecular weight excluding hydrogens is 342 g/mol. The van der Waals surface area contributed by atoms with E-state index in [4.69, 9.17) is 4.74 Å². The third-order valence-corrected chi connectivity index (χ3v) is 4.82. The van der Waals surface area contributed by atoms with Gasteiger partial charge in [0, 0.05) is 11.8 Å². The summed E-state index contributed by atoms with van der Waals surface area (Å²) in [5.74, 6) is 0.843. The summed E-state index contributed by atoms with van der Waals surface area (Å²) < 4.78 is 6.19. The van der Waals surface area contributed by atoms with Gasteiger partial charge in [0.2, 0.25) is 0 Å². The van der Waals surface area contributed by atoms with Crippen molar-refractivity contribution in [1.29, 1.82) is 0 Å². The lowest BCUT2D eigenvalue weighted by Crippen LogP contribution is -1.99. The van der Waals surface area contributed by atoms with Gasteiger partial charge in [0.25, 0.3) is 0 Å². The van der Waals surface area contributed by atoms with Crippen molar-refractivity contribution in [3.8, 4) is 5.75 Å². The Bertz CT molecular complexity index is 1110. The molecule has 0 aromatic heterocycles. The first kappa shape index (κ1) is 18.0. The number of aliphatic imine (C=N–C) groups is 1. The maximum absolute atomic E-state index is 6.19. The number of nitrogens with zero attached hydrogens (tertiary/aromatic N) is 1. The zero-order valence-corrected chi connectivity index (χ0v) is 16.2. The average molecular weight is 365 g/mol. The minimum atomic E-state index is 0.532. The van der Waals surface area contributed by atoms with E-state index >= 15 is 0 Å². The molecule has 28 heavy (non-hydrogen) atoms. The van der Waals surface area contributed by atoms with E-state index in [1.165, 1.54) is 16.5 Å². The Morgan fingerprint density at radius 2 is 1.43 bits per heavy atom. The van der Waals surface area contributed by atoms with E-state index in [9.17, 15) is 0 Å². The second-order valence-electron chi connectivity index (χ2n) is 7.07. The smallest absolute Gasteiger partial charge is 0.129 e. The molecule has 0 fully saturated rings. The van der Waals surface area contributed by atoms with Crippen LogP contribution in [-0.4, -0.2) is 6.21 Å². The highest BCUT2D eigenvalue weighted by Gasteiger charge is 2.08.